The quantitative estimate of drug-likeness (QED) is 0.921. The van der Waals surface area contributed by atoms with Crippen LogP contribution >= 0.6 is 11.6 Å². The van der Waals surface area contributed by atoms with E-state index in [0.717, 1.165) is 5.56 Å². The summed E-state index contributed by atoms with van der Waals surface area (Å²) in [6.45, 7) is 0.356. The molecule has 0 aromatic heterocycles. The van der Waals surface area contributed by atoms with Crippen molar-refractivity contribution in [1.29, 1.82) is 0 Å². The van der Waals surface area contributed by atoms with Crippen LogP contribution in [0.15, 0.2) is 53.4 Å². The Morgan fingerprint density at radius 2 is 1.68 bits per heavy atom. The van der Waals surface area contributed by atoms with Crippen LogP contribution in [0.1, 0.15) is 5.56 Å². The van der Waals surface area contributed by atoms with E-state index in [0.29, 0.717) is 18.0 Å². The zero-order valence-electron chi connectivity index (χ0n) is 10.1. The Labute approximate surface area is 118 Å². The molecule has 0 fully saturated rings. The van der Waals surface area contributed by atoms with Crippen LogP contribution in [0.3, 0.4) is 0 Å². The molecule has 99 valence electrons. The minimum Gasteiger partial charge on any atom is -0.211 e. The summed E-state index contributed by atoms with van der Waals surface area (Å²) in [4.78, 5) is 0.221. The Balaban J connectivity index is 1.97. The highest BCUT2D eigenvalue weighted by Gasteiger charge is 2.12. The molecule has 0 aliphatic carbocycles. The van der Waals surface area contributed by atoms with E-state index in [4.69, 9.17) is 11.6 Å². The Morgan fingerprint density at radius 1 is 1.05 bits per heavy atom. The summed E-state index contributed by atoms with van der Waals surface area (Å²) in [6, 6.07) is 16.5. The number of benzene rings is 2. The highest BCUT2D eigenvalue weighted by molar-refractivity contribution is 7.89. The molecule has 1 radical (unpaired) electrons. The maximum atomic E-state index is 12.0. The Hall–Kier alpha value is -1.36. The second kappa shape index (κ2) is 6.19. The topological polar surface area (TPSA) is 46.2 Å². The molecule has 19 heavy (non-hydrogen) atoms. The molecule has 0 saturated heterocycles. The average Bonchev–Trinajstić information content (AvgIpc) is 2.40. The van der Waals surface area contributed by atoms with Crippen molar-refractivity contribution < 1.29 is 8.42 Å². The SMILES string of the molecule is O=S(=O)(NCCc1cc[c]cc1)c1ccc(Cl)cc1. The van der Waals surface area contributed by atoms with E-state index in [1.807, 2.05) is 24.3 Å². The van der Waals surface area contributed by atoms with E-state index in [1.54, 1.807) is 12.1 Å². The van der Waals surface area contributed by atoms with Crippen LogP contribution in [-0.4, -0.2) is 15.0 Å². The highest BCUT2D eigenvalue weighted by Crippen LogP contribution is 2.13. The van der Waals surface area contributed by atoms with Crippen molar-refractivity contribution in [2.45, 2.75) is 11.3 Å². The Kier molecular flexibility index (Phi) is 4.58. The molecule has 5 heteroatoms. The number of halogens is 1. The minimum atomic E-state index is -3.46. The van der Waals surface area contributed by atoms with Gasteiger partial charge in [-0.25, -0.2) is 13.1 Å². The van der Waals surface area contributed by atoms with Crippen LogP contribution in [0.5, 0.6) is 0 Å². The second-order valence-corrected chi connectivity index (χ2v) is 6.21. The Bertz CT molecular complexity index is 624. The lowest BCUT2D eigenvalue weighted by Gasteiger charge is -2.06. The van der Waals surface area contributed by atoms with Gasteiger partial charge in [0.25, 0.3) is 0 Å². The first kappa shape index (κ1) is 14.1. The molecule has 0 atom stereocenters. The molecular formula is C14H13ClNO2S. The van der Waals surface area contributed by atoms with Gasteiger partial charge < -0.3 is 0 Å². The summed E-state index contributed by atoms with van der Waals surface area (Å²) in [5.74, 6) is 0. The predicted molar refractivity (Wildman–Crippen MR) is 75.6 cm³/mol. The van der Waals surface area contributed by atoms with Gasteiger partial charge in [0.2, 0.25) is 10.0 Å². The summed E-state index contributed by atoms with van der Waals surface area (Å²) in [5, 5.41) is 0.513. The van der Waals surface area contributed by atoms with E-state index in [2.05, 4.69) is 10.8 Å². The number of hydrogen-bond acceptors (Lipinski definition) is 2. The minimum absolute atomic E-state index is 0.221. The summed E-state index contributed by atoms with van der Waals surface area (Å²) in [6.07, 6.45) is 0.640. The van der Waals surface area contributed by atoms with E-state index < -0.39 is 10.0 Å². The first-order chi connectivity index (χ1) is 9.08. The molecule has 0 amide bonds. The van der Waals surface area contributed by atoms with Gasteiger partial charge in [0.1, 0.15) is 0 Å². The highest BCUT2D eigenvalue weighted by atomic mass is 35.5. The average molecular weight is 295 g/mol. The van der Waals surface area contributed by atoms with Gasteiger partial charge in [-0.2, -0.15) is 0 Å². The number of hydrogen-bond donors (Lipinski definition) is 1. The van der Waals surface area contributed by atoms with Crippen molar-refractivity contribution in [3.05, 3.63) is 65.2 Å². The van der Waals surface area contributed by atoms with Gasteiger partial charge in [0.15, 0.2) is 0 Å². The van der Waals surface area contributed by atoms with Gasteiger partial charge in [0, 0.05) is 11.6 Å². The molecule has 0 aliphatic heterocycles. The monoisotopic (exact) mass is 294 g/mol. The number of nitrogens with one attached hydrogen (secondary N) is 1. The van der Waals surface area contributed by atoms with Crippen LogP contribution in [0, 0.1) is 6.07 Å². The van der Waals surface area contributed by atoms with Crippen LogP contribution in [0.25, 0.3) is 0 Å². The van der Waals surface area contributed by atoms with Crippen molar-refractivity contribution in [3.63, 3.8) is 0 Å². The summed E-state index contributed by atoms with van der Waals surface area (Å²) in [5.41, 5.74) is 1.07. The van der Waals surface area contributed by atoms with Gasteiger partial charge in [-0.05, 0) is 42.3 Å². The van der Waals surface area contributed by atoms with Crippen molar-refractivity contribution in [2.75, 3.05) is 6.54 Å². The molecule has 3 nitrogen and oxygen atoms in total. The fourth-order valence-electron chi connectivity index (χ4n) is 1.61. The maximum absolute atomic E-state index is 12.0. The van der Waals surface area contributed by atoms with Crippen LogP contribution in [0.2, 0.25) is 5.02 Å². The van der Waals surface area contributed by atoms with Crippen LogP contribution < -0.4 is 4.72 Å². The van der Waals surface area contributed by atoms with Gasteiger partial charge >= 0.3 is 0 Å². The molecule has 0 heterocycles. The zero-order chi connectivity index (χ0) is 13.7. The third kappa shape index (κ3) is 4.06. The molecule has 0 spiro atoms. The lowest BCUT2D eigenvalue weighted by atomic mass is 10.2. The van der Waals surface area contributed by atoms with Gasteiger partial charge in [-0.1, -0.05) is 35.9 Å². The third-order valence-electron chi connectivity index (χ3n) is 2.62. The van der Waals surface area contributed by atoms with E-state index in [9.17, 15) is 8.42 Å². The zero-order valence-corrected chi connectivity index (χ0v) is 11.7. The molecule has 2 aromatic rings. The van der Waals surface area contributed by atoms with E-state index in [-0.39, 0.29) is 4.90 Å². The van der Waals surface area contributed by atoms with Gasteiger partial charge in [-0.15, -0.1) is 0 Å². The van der Waals surface area contributed by atoms with Crippen molar-refractivity contribution in [3.8, 4) is 0 Å². The summed E-state index contributed by atoms with van der Waals surface area (Å²) in [7, 11) is -3.46. The molecule has 0 aliphatic rings. The number of rotatable bonds is 5. The normalized spacial score (nSPS) is 11.4. The maximum Gasteiger partial charge on any atom is 0.240 e. The van der Waals surface area contributed by atoms with Crippen LogP contribution in [-0.2, 0) is 16.4 Å². The predicted octanol–water partition coefficient (Wildman–Crippen LogP) is 2.66. The third-order valence-corrected chi connectivity index (χ3v) is 4.35. The summed E-state index contributed by atoms with van der Waals surface area (Å²) >= 11 is 5.73. The molecule has 0 bridgehead atoms. The summed E-state index contributed by atoms with van der Waals surface area (Å²) < 4.78 is 26.5. The van der Waals surface area contributed by atoms with Crippen molar-refractivity contribution in [1.82, 2.24) is 4.72 Å². The molecular weight excluding hydrogens is 282 g/mol. The van der Waals surface area contributed by atoms with Crippen molar-refractivity contribution >= 4 is 21.6 Å². The smallest absolute Gasteiger partial charge is 0.211 e. The second-order valence-electron chi connectivity index (χ2n) is 4.01. The fourth-order valence-corrected chi connectivity index (χ4v) is 2.77. The number of sulfonamides is 1. The van der Waals surface area contributed by atoms with Gasteiger partial charge in [-0.3, -0.25) is 0 Å². The van der Waals surface area contributed by atoms with Gasteiger partial charge in [0.05, 0.1) is 4.90 Å². The Morgan fingerprint density at radius 3 is 2.32 bits per heavy atom. The molecule has 1 N–H and O–H groups in total. The fraction of sp³-hybridized carbons (Fsp3) is 0.143. The largest absolute Gasteiger partial charge is 0.240 e. The van der Waals surface area contributed by atoms with E-state index >= 15 is 0 Å². The molecule has 0 saturated carbocycles. The standard InChI is InChI=1S/C14H13ClNO2S/c15-13-6-8-14(9-7-13)19(17,18)16-11-10-12-4-2-1-3-5-12/h2-9,16H,10-11H2. The lowest BCUT2D eigenvalue weighted by molar-refractivity contribution is 0.581. The molecule has 0 unspecified atom stereocenters. The van der Waals surface area contributed by atoms with Crippen LogP contribution in [0.4, 0.5) is 0 Å². The molecule has 2 rings (SSSR count). The first-order valence-corrected chi connectivity index (χ1v) is 7.64. The first-order valence-electron chi connectivity index (χ1n) is 5.78. The van der Waals surface area contributed by atoms with Crippen molar-refractivity contribution in [2.24, 2.45) is 0 Å². The molecule has 2 aromatic carbocycles. The lowest BCUT2D eigenvalue weighted by Crippen LogP contribution is -2.25. The van der Waals surface area contributed by atoms with E-state index in [1.165, 1.54) is 12.1 Å².